The molecule has 4 amide bonds. The Hall–Kier alpha value is -1.72. The number of nitrogens with one attached hydrogen (secondary N) is 3. The van der Waals surface area contributed by atoms with Crippen LogP contribution in [0, 0.1) is 0 Å². The SMILES string of the molecule is CC(C)=CCNC(=O)NNC(N)=O. The summed E-state index contributed by atoms with van der Waals surface area (Å²) in [6.45, 7) is 4.25. The third-order valence-electron chi connectivity index (χ3n) is 1.07. The first-order valence-corrected chi connectivity index (χ1v) is 3.75. The summed E-state index contributed by atoms with van der Waals surface area (Å²) in [5.41, 5.74) is 9.80. The fourth-order valence-corrected chi connectivity index (χ4v) is 0.510. The molecule has 0 saturated carbocycles. The Morgan fingerprint density at radius 2 is 1.92 bits per heavy atom. The van der Waals surface area contributed by atoms with Gasteiger partial charge in [0.2, 0.25) is 0 Å². The average molecular weight is 186 g/mol. The molecule has 6 heteroatoms. The van der Waals surface area contributed by atoms with E-state index in [9.17, 15) is 9.59 Å². The van der Waals surface area contributed by atoms with E-state index >= 15 is 0 Å². The Bertz CT molecular complexity index is 221. The van der Waals surface area contributed by atoms with Crippen LogP contribution in [0.4, 0.5) is 9.59 Å². The molecule has 0 saturated heterocycles. The predicted molar refractivity (Wildman–Crippen MR) is 48.7 cm³/mol. The van der Waals surface area contributed by atoms with Gasteiger partial charge >= 0.3 is 12.1 Å². The van der Waals surface area contributed by atoms with Crippen LogP contribution in [0.3, 0.4) is 0 Å². The van der Waals surface area contributed by atoms with E-state index in [-0.39, 0.29) is 0 Å². The summed E-state index contributed by atoms with van der Waals surface area (Å²) in [5, 5.41) is 2.47. The first-order chi connectivity index (χ1) is 6.02. The molecule has 0 rings (SSSR count). The number of hydrogen-bond donors (Lipinski definition) is 4. The van der Waals surface area contributed by atoms with Crippen molar-refractivity contribution in [1.29, 1.82) is 0 Å². The summed E-state index contributed by atoms with van der Waals surface area (Å²) in [6.07, 6.45) is 1.84. The molecule has 0 aliphatic rings. The molecule has 0 unspecified atom stereocenters. The number of hydrogen-bond acceptors (Lipinski definition) is 2. The monoisotopic (exact) mass is 186 g/mol. The van der Waals surface area contributed by atoms with E-state index in [1.54, 1.807) is 0 Å². The molecule has 0 aromatic heterocycles. The van der Waals surface area contributed by atoms with Crippen molar-refractivity contribution in [3.05, 3.63) is 11.6 Å². The Morgan fingerprint density at radius 1 is 1.31 bits per heavy atom. The maximum Gasteiger partial charge on any atom is 0.333 e. The minimum Gasteiger partial charge on any atom is -0.350 e. The Morgan fingerprint density at radius 3 is 2.38 bits per heavy atom. The fraction of sp³-hybridized carbons (Fsp3) is 0.429. The van der Waals surface area contributed by atoms with Gasteiger partial charge in [0.05, 0.1) is 0 Å². The summed E-state index contributed by atoms with van der Waals surface area (Å²) in [4.78, 5) is 20.9. The number of primary amides is 1. The molecule has 6 nitrogen and oxygen atoms in total. The smallest absolute Gasteiger partial charge is 0.333 e. The fourth-order valence-electron chi connectivity index (χ4n) is 0.510. The van der Waals surface area contributed by atoms with Crippen molar-refractivity contribution in [3.8, 4) is 0 Å². The van der Waals surface area contributed by atoms with E-state index in [2.05, 4.69) is 10.7 Å². The molecule has 0 aliphatic heterocycles. The molecule has 0 spiro atoms. The van der Waals surface area contributed by atoms with Gasteiger partial charge in [0.1, 0.15) is 0 Å². The third-order valence-corrected chi connectivity index (χ3v) is 1.07. The van der Waals surface area contributed by atoms with E-state index in [1.807, 2.05) is 25.3 Å². The van der Waals surface area contributed by atoms with E-state index in [1.165, 1.54) is 0 Å². The molecule has 5 N–H and O–H groups in total. The number of hydrazine groups is 1. The number of rotatable bonds is 2. The lowest BCUT2D eigenvalue weighted by Gasteiger charge is -2.04. The number of carbonyl (C=O) groups is 2. The van der Waals surface area contributed by atoms with Crippen molar-refractivity contribution in [1.82, 2.24) is 16.2 Å². The first-order valence-electron chi connectivity index (χ1n) is 3.75. The van der Waals surface area contributed by atoms with Crippen LogP contribution in [0.5, 0.6) is 0 Å². The predicted octanol–water partition coefficient (Wildman–Crippen LogP) is -0.165. The summed E-state index contributed by atoms with van der Waals surface area (Å²) in [5.74, 6) is 0. The highest BCUT2D eigenvalue weighted by molar-refractivity contribution is 5.79. The highest BCUT2D eigenvalue weighted by atomic mass is 16.2. The minimum absolute atomic E-state index is 0.411. The topological polar surface area (TPSA) is 96.2 Å². The molecule has 0 atom stereocenters. The Labute approximate surface area is 76.5 Å². The molecule has 0 aliphatic carbocycles. The lowest BCUT2D eigenvalue weighted by Crippen LogP contribution is -2.48. The first kappa shape index (κ1) is 11.3. The second kappa shape index (κ2) is 5.87. The van der Waals surface area contributed by atoms with Gasteiger partial charge < -0.3 is 11.1 Å². The molecule has 0 radical (unpaired) electrons. The van der Waals surface area contributed by atoms with Crippen molar-refractivity contribution in [2.24, 2.45) is 5.73 Å². The van der Waals surface area contributed by atoms with E-state index in [0.29, 0.717) is 6.54 Å². The Kier molecular flexibility index (Phi) is 5.09. The largest absolute Gasteiger partial charge is 0.350 e. The second-order valence-electron chi connectivity index (χ2n) is 2.61. The zero-order chi connectivity index (χ0) is 10.3. The summed E-state index contributed by atoms with van der Waals surface area (Å²) in [6, 6.07) is -1.31. The summed E-state index contributed by atoms with van der Waals surface area (Å²) >= 11 is 0. The molecule has 0 fully saturated rings. The van der Waals surface area contributed by atoms with E-state index in [4.69, 9.17) is 5.73 Å². The van der Waals surface area contributed by atoms with Gasteiger partial charge in [-0.1, -0.05) is 11.6 Å². The molecule has 74 valence electrons. The van der Waals surface area contributed by atoms with Gasteiger partial charge in [0.15, 0.2) is 0 Å². The lowest BCUT2D eigenvalue weighted by molar-refractivity contribution is 0.229. The number of carbonyl (C=O) groups excluding carboxylic acids is 2. The highest BCUT2D eigenvalue weighted by Gasteiger charge is 1.97. The van der Waals surface area contributed by atoms with Crippen LogP contribution >= 0.6 is 0 Å². The Balaban J connectivity index is 3.52. The normalized spacial score (nSPS) is 8.46. The van der Waals surface area contributed by atoms with Gasteiger partial charge in [-0.15, -0.1) is 0 Å². The number of amides is 4. The number of urea groups is 2. The quantitative estimate of drug-likeness (QED) is 0.356. The zero-order valence-corrected chi connectivity index (χ0v) is 7.68. The molecular weight excluding hydrogens is 172 g/mol. The van der Waals surface area contributed by atoms with Crippen molar-refractivity contribution < 1.29 is 9.59 Å². The number of allylic oxidation sites excluding steroid dienone is 1. The van der Waals surface area contributed by atoms with Crippen LogP contribution in [0.25, 0.3) is 0 Å². The van der Waals surface area contributed by atoms with Crippen LogP contribution in [-0.4, -0.2) is 18.6 Å². The van der Waals surface area contributed by atoms with Crippen molar-refractivity contribution >= 4 is 12.1 Å². The van der Waals surface area contributed by atoms with Crippen molar-refractivity contribution in [2.75, 3.05) is 6.54 Å². The van der Waals surface area contributed by atoms with Crippen LogP contribution in [0.1, 0.15) is 13.8 Å². The minimum atomic E-state index is -0.808. The van der Waals surface area contributed by atoms with Gasteiger partial charge in [-0.2, -0.15) is 0 Å². The molecule has 0 heterocycles. The van der Waals surface area contributed by atoms with Gasteiger partial charge in [0, 0.05) is 6.54 Å². The van der Waals surface area contributed by atoms with Crippen LogP contribution < -0.4 is 21.9 Å². The second-order valence-corrected chi connectivity index (χ2v) is 2.61. The summed E-state index contributed by atoms with van der Waals surface area (Å²) < 4.78 is 0. The van der Waals surface area contributed by atoms with Crippen molar-refractivity contribution in [3.63, 3.8) is 0 Å². The van der Waals surface area contributed by atoms with Crippen LogP contribution in [-0.2, 0) is 0 Å². The van der Waals surface area contributed by atoms with Gasteiger partial charge in [-0.25, -0.2) is 20.4 Å². The molecule has 0 aromatic carbocycles. The van der Waals surface area contributed by atoms with Gasteiger partial charge in [0.25, 0.3) is 0 Å². The maximum atomic E-state index is 10.8. The van der Waals surface area contributed by atoms with E-state index in [0.717, 1.165) is 5.57 Å². The van der Waals surface area contributed by atoms with E-state index < -0.39 is 12.1 Å². The van der Waals surface area contributed by atoms with Gasteiger partial charge in [-0.05, 0) is 13.8 Å². The van der Waals surface area contributed by atoms with Crippen LogP contribution in [0.2, 0.25) is 0 Å². The average Bonchev–Trinajstić information content (AvgIpc) is 2.00. The standard InChI is InChI=1S/C7H14N4O2/c1-5(2)3-4-9-7(13)11-10-6(8)12/h3H,4H2,1-2H3,(H3,8,10,12)(H2,9,11,13). The molecule has 0 aromatic rings. The molecule has 13 heavy (non-hydrogen) atoms. The summed E-state index contributed by atoms with van der Waals surface area (Å²) in [7, 11) is 0. The highest BCUT2D eigenvalue weighted by Crippen LogP contribution is 1.84. The maximum absolute atomic E-state index is 10.8. The molecular formula is C7H14N4O2. The third kappa shape index (κ3) is 8.18. The molecule has 0 bridgehead atoms. The van der Waals surface area contributed by atoms with Crippen molar-refractivity contribution in [2.45, 2.75) is 13.8 Å². The number of nitrogens with two attached hydrogens (primary N) is 1. The lowest BCUT2D eigenvalue weighted by atomic mass is 10.3. The zero-order valence-electron chi connectivity index (χ0n) is 7.68. The van der Waals surface area contributed by atoms with Gasteiger partial charge in [-0.3, -0.25) is 0 Å². The van der Waals surface area contributed by atoms with Crippen LogP contribution in [0.15, 0.2) is 11.6 Å².